The molecule has 0 radical (unpaired) electrons. The van der Waals surface area contributed by atoms with Gasteiger partial charge in [0.2, 0.25) is 5.91 Å². The lowest BCUT2D eigenvalue weighted by Crippen LogP contribution is -2.34. The zero-order chi connectivity index (χ0) is 16.6. The average Bonchev–Trinajstić information content (AvgIpc) is 3.09. The normalized spacial score (nSPS) is 17.8. The fourth-order valence-electron chi connectivity index (χ4n) is 2.73. The Morgan fingerprint density at radius 2 is 2.30 bits per heavy atom. The maximum atomic E-state index is 12.9. The van der Waals surface area contributed by atoms with Gasteiger partial charge in [0.15, 0.2) is 11.5 Å². The Labute approximate surface area is 129 Å². The van der Waals surface area contributed by atoms with Crippen LogP contribution in [0.5, 0.6) is 0 Å². The molecule has 0 bridgehead atoms. The Hall–Kier alpha value is -2.39. The van der Waals surface area contributed by atoms with Gasteiger partial charge in [0.05, 0.1) is 6.54 Å². The number of aryl methyl sites for hydroxylation is 2. The smallest absolute Gasteiger partial charge is 0.348 e. The van der Waals surface area contributed by atoms with Crippen LogP contribution in [0.1, 0.15) is 29.2 Å². The van der Waals surface area contributed by atoms with Crippen molar-refractivity contribution in [2.75, 3.05) is 0 Å². The van der Waals surface area contributed by atoms with Crippen molar-refractivity contribution >= 4 is 5.91 Å². The molecule has 2 aromatic rings. The third-order valence-corrected chi connectivity index (χ3v) is 3.85. The van der Waals surface area contributed by atoms with Crippen LogP contribution < -0.4 is 5.32 Å². The van der Waals surface area contributed by atoms with E-state index in [1.165, 1.54) is 11.0 Å². The molecule has 2 aromatic heterocycles. The number of H-pyrrole nitrogens is 1. The van der Waals surface area contributed by atoms with Crippen molar-refractivity contribution in [2.24, 2.45) is 13.0 Å². The van der Waals surface area contributed by atoms with Crippen molar-refractivity contribution < 1.29 is 18.0 Å². The SMILES string of the molecule is Cn1cnc(CNC(=O)[C@H]2CCc3[nH]nc(C(F)(F)F)c3C2)n1. The first-order chi connectivity index (χ1) is 10.8. The second-order valence-corrected chi connectivity index (χ2v) is 5.52. The predicted molar refractivity (Wildman–Crippen MR) is 72.0 cm³/mol. The largest absolute Gasteiger partial charge is 0.435 e. The maximum Gasteiger partial charge on any atom is 0.435 e. The molecule has 0 aliphatic heterocycles. The van der Waals surface area contributed by atoms with Crippen LogP contribution in [0.2, 0.25) is 0 Å². The van der Waals surface area contributed by atoms with Crippen molar-refractivity contribution in [3.8, 4) is 0 Å². The van der Waals surface area contributed by atoms with Crippen molar-refractivity contribution in [2.45, 2.75) is 32.0 Å². The monoisotopic (exact) mass is 328 g/mol. The number of fused-ring (bicyclic) bond motifs is 1. The van der Waals surface area contributed by atoms with Gasteiger partial charge in [-0.05, 0) is 19.3 Å². The number of carbonyl (C=O) groups excluding carboxylic acids is 1. The highest BCUT2D eigenvalue weighted by molar-refractivity contribution is 5.79. The van der Waals surface area contributed by atoms with E-state index in [0.29, 0.717) is 24.4 Å². The van der Waals surface area contributed by atoms with E-state index in [2.05, 4.69) is 25.6 Å². The first-order valence-electron chi connectivity index (χ1n) is 7.10. The van der Waals surface area contributed by atoms with Crippen molar-refractivity contribution in [1.82, 2.24) is 30.3 Å². The van der Waals surface area contributed by atoms with E-state index in [9.17, 15) is 18.0 Å². The summed E-state index contributed by atoms with van der Waals surface area (Å²) in [5.74, 6) is -0.348. The van der Waals surface area contributed by atoms with Gasteiger partial charge in [0.25, 0.3) is 0 Å². The van der Waals surface area contributed by atoms with Crippen LogP contribution in [0.3, 0.4) is 0 Å². The number of nitrogens with zero attached hydrogens (tertiary/aromatic N) is 4. The lowest BCUT2D eigenvalue weighted by atomic mass is 9.85. The van der Waals surface area contributed by atoms with Crippen molar-refractivity contribution in [3.05, 3.63) is 29.1 Å². The van der Waals surface area contributed by atoms with E-state index in [4.69, 9.17) is 0 Å². The highest BCUT2D eigenvalue weighted by Crippen LogP contribution is 2.36. The molecule has 23 heavy (non-hydrogen) atoms. The molecule has 1 amide bonds. The number of aromatic nitrogens is 5. The number of amides is 1. The maximum absolute atomic E-state index is 12.9. The minimum Gasteiger partial charge on any atom is -0.348 e. The van der Waals surface area contributed by atoms with Crippen LogP contribution in [-0.2, 0) is 37.4 Å². The molecule has 7 nitrogen and oxygen atoms in total. The number of nitrogens with one attached hydrogen (secondary N) is 2. The highest BCUT2D eigenvalue weighted by atomic mass is 19.4. The molecule has 0 saturated carbocycles. The van der Waals surface area contributed by atoms with Gasteiger partial charge in [-0.3, -0.25) is 14.6 Å². The molecule has 124 valence electrons. The van der Waals surface area contributed by atoms with Gasteiger partial charge in [0, 0.05) is 24.2 Å². The summed E-state index contributed by atoms with van der Waals surface area (Å²) in [6.07, 6.45) is -2.12. The molecule has 0 aromatic carbocycles. The number of alkyl halides is 3. The molecule has 1 aliphatic rings. The fraction of sp³-hybridized carbons (Fsp3) is 0.538. The van der Waals surface area contributed by atoms with E-state index in [1.54, 1.807) is 7.05 Å². The molecule has 3 rings (SSSR count). The van der Waals surface area contributed by atoms with Gasteiger partial charge in [-0.15, -0.1) is 0 Å². The van der Waals surface area contributed by atoms with E-state index >= 15 is 0 Å². The number of rotatable bonds is 3. The molecule has 2 heterocycles. The minimum atomic E-state index is -4.51. The Kier molecular flexibility index (Phi) is 3.82. The van der Waals surface area contributed by atoms with E-state index in [1.807, 2.05) is 0 Å². The molecule has 0 unspecified atom stereocenters. The average molecular weight is 328 g/mol. The first-order valence-corrected chi connectivity index (χ1v) is 7.10. The molecular formula is C13H15F3N6O. The van der Waals surface area contributed by atoms with E-state index in [0.717, 1.165) is 0 Å². The summed E-state index contributed by atoms with van der Waals surface area (Å²) in [6, 6.07) is 0. The summed E-state index contributed by atoms with van der Waals surface area (Å²) in [5, 5.41) is 12.5. The topological polar surface area (TPSA) is 88.5 Å². The number of aromatic amines is 1. The first kappa shape index (κ1) is 15.5. The van der Waals surface area contributed by atoms with Gasteiger partial charge >= 0.3 is 6.18 Å². The fourth-order valence-corrected chi connectivity index (χ4v) is 2.73. The molecule has 0 fully saturated rings. The van der Waals surface area contributed by atoms with Crippen LogP contribution >= 0.6 is 0 Å². The zero-order valence-electron chi connectivity index (χ0n) is 12.3. The predicted octanol–water partition coefficient (Wildman–Crippen LogP) is 0.978. The van der Waals surface area contributed by atoms with Crippen LogP contribution in [0, 0.1) is 5.92 Å². The van der Waals surface area contributed by atoms with Crippen LogP contribution in [0.4, 0.5) is 13.2 Å². The van der Waals surface area contributed by atoms with Gasteiger partial charge in [-0.25, -0.2) is 4.98 Å². The third kappa shape index (κ3) is 3.20. The number of halogens is 3. The molecule has 10 heteroatoms. The number of hydrogen-bond acceptors (Lipinski definition) is 4. The molecule has 2 N–H and O–H groups in total. The van der Waals surface area contributed by atoms with Gasteiger partial charge < -0.3 is 5.32 Å². The summed E-state index contributed by atoms with van der Waals surface area (Å²) in [7, 11) is 1.71. The quantitative estimate of drug-likeness (QED) is 0.879. The second-order valence-electron chi connectivity index (χ2n) is 5.52. The molecule has 1 atom stereocenters. The highest BCUT2D eigenvalue weighted by Gasteiger charge is 2.40. The second kappa shape index (κ2) is 5.67. The van der Waals surface area contributed by atoms with E-state index < -0.39 is 17.8 Å². The summed E-state index contributed by atoms with van der Waals surface area (Å²) < 4.78 is 40.2. The lowest BCUT2D eigenvalue weighted by molar-refractivity contribution is -0.142. The summed E-state index contributed by atoms with van der Waals surface area (Å²) >= 11 is 0. The third-order valence-electron chi connectivity index (χ3n) is 3.85. The van der Waals surface area contributed by atoms with Gasteiger partial charge in [-0.2, -0.15) is 23.4 Å². The molecular weight excluding hydrogens is 313 g/mol. The van der Waals surface area contributed by atoms with E-state index in [-0.39, 0.29) is 24.4 Å². The molecule has 0 saturated heterocycles. The van der Waals surface area contributed by atoms with Gasteiger partial charge in [-0.1, -0.05) is 0 Å². The van der Waals surface area contributed by atoms with Crippen LogP contribution in [0.25, 0.3) is 0 Å². The summed E-state index contributed by atoms with van der Waals surface area (Å²) in [6.45, 7) is 0.153. The zero-order valence-corrected chi connectivity index (χ0v) is 12.3. The van der Waals surface area contributed by atoms with Crippen LogP contribution in [0.15, 0.2) is 6.33 Å². The van der Waals surface area contributed by atoms with Crippen molar-refractivity contribution in [1.29, 1.82) is 0 Å². The lowest BCUT2D eigenvalue weighted by Gasteiger charge is -2.21. The molecule has 1 aliphatic carbocycles. The Morgan fingerprint density at radius 3 is 2.96 bits per heavy atom. The minimum absolute atomic E-state index is 0.0299. The Balaban J connectivity index is 1.66. The summed E-state index contributed by atoms with van der Waals surface area (Å²) in [5.41, 5.74) is -0.357. The van der Waals surface area contributed by atoms with Crippen molar-refractivity contribution in [3.63, 3.8) is 0 Å². The van der Waals surface area contributed by atoms with Gasteiger partial charge in [0.1, 0.15) is 6.33 Å². The van der Waals surface area contributed by atoms with Crippen LogP contribution in [-0.4, -0.2) is 30.9 Å². The number of carbonyl (C=O) groups is 1. The Bertz CT molecular complexity index is 720. The summed E-state index contributed by atoms with van der Waals surface area (Å²) in [4.78, 5) is 16.2. The standard InChI is InChI=1S/C13H15F3N6O/c1-22-6-18-10(21-22)5-17-12(23)7-2-3-9-8(4-7)11(20-19-9)13(14,15)16/h6-7H,2-5H2,1H3,(H,17,23)(H,19,20)/t7-/m0/s1. The Morgan fingerprint density at radius 1 is 1.52 bits per heavy atom. The number of hydrogen-bond donors (Lipinski definition) is 2. The molecule has 0 spiro atoms.